The minimum Gasteiger partial charge on any atom is -0.490 e. The van der Waals surface area contributed by atoms with Gasteiger partial charge in [0, 0.05) is 17.6 Å². The quantitative estimate of drug-likeness (QED) is 0.766. The number of ether oxygens (including phenoxy) is 2. The predicted molar refractivity (Wildman–Crippen MR) is 84.5 cm³/mol. The van der Waals surface area contributed by atoms with Gasteiger partial charge in [0.25, 0.3) is 0 Å². The van der Waals surface area contributed by atoms with Crippen LogP contribution in [0.15, 0.2) is 30.4 Å². The van der Waals surface area contributed by atoms with Crippen LogP contribution in [0, 0.1) is 0 Å². The Bertz CT molecular complexity index is 433. The van der Waals surface area contributed by atoms with E-state index in [1.54, 1.807) is 0 Å². The van der Waals surface area contributed by atoms with Gasteiger partial charge in [0.15, 0.2) is 11.5 Å². The molecule has 0 saturated heterocycles. The minimum absolute atomic E-state index is 0.0716. The molecule has 0 aromatic heterocycles. The SMILES string of the molecule is CC=CCOc1c(CNC(C)(C)C)cccc1OCC. The molecule has 1 aromatic rings. The van der Waals surface area contributed by atoms with Gasteiger partial charge in [0.05, 0.1) is 6.61 Å². The van der Waals surface area contributed by atoms with Crippen LogP contribution in [-0.2, 0) is 6.54 Å². The van der Waals surface area contributed by atoms with Crippen molar-refractivity contribution in [3.05, 3.63) is 35.9 Å². The Kier molecular flexibility index (Phi) is 6.59. The molecule has 0 unspecified atom stereocenters. The summed E-state index contributed by atoms with van der Waals surface area (Å²) in [6.07, 6.45) is 3.97. The number of nitrogens with one attached hydrogen (secondary N) is 1. The Morgan fingerprint density at radius 2 is 1.95 bits per heavy atom. The Labute approximate surface area is 123 Å². The van der Waals surface area contributed by atoms with Gasteiger partial charge in [0.1, 0.15) is 6.61 Å². The first-order valence-electron chi connectivity index (χ1n) is 7.21. The van der Waals surface area contributed by atoms with Crippen LogP contribution in [0.1, 0.15) is 40.2 Å². The Balaban J connectivity index is 2.92. The van der Waals surface area contributed by atoms with E-state index in [9.17, 15) is 0 Å². The molecule has 1 aromatic carbocycles. The first-order chi connectivity index (χ1) is 9.48. The summed E-state index contributed by atoms with van der Waals surface area (Å²) in [5.74, 6) is 1.65. The summed E-state index contributed by atoms with van der Waals surface area (Å²) >= 11 is 0. The molecule has 1 N–H and O–H groups in total. The highest BCUT2D eigenvalue weighted by Gasteiger charge is 2.14. The molecular formula is C17H27NO2. The fourth-order valence-corrected chi connectivity index (χ4v) is 1.72. The van der Waals surface area contributed by atoms with E-state index in [1.165, 1.54) is 0 Å². The smallest absolute Gasteiger partial charge is 0.166 e. The monoisotopic (exact) mass is 277 g/mol. The standard InChI is InChI=1S/C17H27NO2/c1-6-8-12-20-16-14(13-18-17(3,4)5)10-9-11-15(16)19-7-2/h6,8-11,18H,7,12-13H2,1-5H3. The third-order valence-corrected chi connectivity index (χ3v) is 2.73. The van der Waals surface area contributed by atoms with Crippen molar-refractivity contribution in [2.24, 2.45) is 0 Å². The Morgan fingerprint density at radius 3 is 2.55 bits per heavy atom. The number of hydrogen-bond donors (Lipinski definition) is 1. The number of para-hydroxylation sites is 1. The number of hydrogen-bond acceptors (Lipinski definition) is 3. The molecule has 20 heavy (non-hydrogen) atoms. The van der Waals surface area contributed by atoms with E-state index in [4.69, 9.17) is 9.47 Å². The molecule has 0 aliphatic heterocycles. The van der Waals surface area contributed by atoms with Crippen LogP contribution in [0.5, 0.6) is 11.5 Å². The van der Waals surface area contributed by atoms with Gasteiger partial charge in [-0.2, -0.15) is 0 Å². The van der Waals surface area contributed by atoms with Crippen molar-refractivity contribution in [3.63, 3.8) is 0 Å². The van der Waals surface area contributed by atoms with E-state index in [1.807, 2.05) is 38.1 Å². The molecule has 0 aliphatic rings. The molecule has 0 amide bonds. The molecular weight excluding hydrogens is 250 g/mol. The molecule has 3 nitrogen and oxygen atoms in total. The first kappa shape index (κ1) is 16.6. The van der Waals surface area contributed by atoms with E-state index >= 15 is 0 Å². The maximum absolute atomic E-state index is 5.87. The van der Waals surface area contributed by atoms with Gasteiger partial charge in [-0.05, 0) is 40.7 Å². The average molecular weight is 277 g/mol. The zero-order chi connectivity index (χ0) is 15.0. The summed E-state index contributed by atoms with van der Waals surface area (Å²) in [6, 6.07) is 6.04. The van der Waals surface area contributed by atoms with Crippen molar-refractivity contribution in [2.75, 3.05) is 13.2 Å². The fraction of sp³-hybridized carbons (Fsp3) is 0.529. The van der Waals surface area contributed by atoms with Crippen molar-refractivity contribution in [1.82, 2.24) is 5.32 Å². The van der Waals surface area contributed by atoms with E-state index < -0.39 is 0 Å². The minimum atomic E-state index is 0.0716. The topological polar surface area (TPSA) is 30.5 Å². The lowest BCUT2D eigenvalue weighted by atomic mass is 10.1. The van der Waals surface area contributed by atoms with E-state index in [-0.39, 0.29) is 5.54 Å². The third kappa shape index (κ3) is 5.66. The van der Waals surface area contributed by atoms with Crippen molar-refractivity contribution in [3.8, 4) is 11.5 Å². The molecule has 0 atom stereocenters. The lowest BCUT2D eigenvalue weighted by Gasteiger charge is -2.22. The molecule has 112 valence electrons. The van der Waals surface area contributed by atoms with Crippen LogP contribution in [0.3, 0.4) is 0 Å². The van der Waals surface area contributed by atoms with Crippen LogP contribution in [0.25, 0.3) is 0 Å². The number of benzene rings is 1. The van der Waals surface area contributed by atoms with Crippen LogP contribution in [-0.4, -0.2) is 18.8 Å². The predicted octanol–water partition coefficient (Wildman–Crippen LogP) is 3.93. The highest BCUT2D eigenvalue weighted by atomic mass is 16.5. The molecule has 0 spiro atoms. The first-order valence-corrected chi connectivity index (χ1v) is 7.21. The molecule has 0 aliphatic carbocycles. The molecule has 0 fully saturated rings. The summed E-state index contributed by atoms with van der Waals surface area (Å²) in [7, 11) is 0. The molecule has 0 heterocycles. The molecule has 1 rings (SSSR count). The van der Waals surface area contributed by atoms with Crippen molar-refractivity contribution < 1.29 is 9.47 Å². The van der Waals surface area contributed by atoms with Gasteiger partial charge >= 0.3 is 0 Å². The molecule has 0 saturated carbocycles. The van der Waals surface area contributed by atoms with Gasteiger partial charge in [-0.1, -0.05) is 24.3 Å². The van der Waals surface area contributed by atoms with Gasteiger partial charge in [-0.25, -0.2) is 0 Å². The zero-order valence-corrected chi connectivity index (χ0v) is 13.3. The second-order valence-electron chi connectivity index (χ2n) is 5.66. The van der Waals surface area contributed by atoms with Crippen LogP contribution < -0.4 is 14.8 Å². The highest BCUT2D eigenvalue weighted by Crippen LogP contribution is 2.31. The second-order valence-corrected chi connectivity index (χ2v) is 5.66. The van der Waals surface area contributed by atoms with E-state index in [0.717, 1.165) is 23.6 Å². The summed E-state index contributed by atoms with van der Waals surface area (Å²) in [5.41, 5.74) is 1.19. The van der Waals surface area contributed by atoms with Crippen molar-refractivity contribution >= 4 is 0 Å². The summed E-state index contributed by atoms with van der Waals surface area (Å²) in [6.45, 7) is 12.4. The van der Waals surface area contributed by atoms with Gasteiger partial charge in [-0.15, -0.1) is 0 Å². The largest absolute Gasteiger partial charge is 0.490 e. The van der Waals surface area contributed by atoms with Crippen LogP contribution >= 0.6 is 0 Å². The van der Waals surface area contributed by atoms with Crippen LogP contribution in [0.4, 0.5) is 0 Å². The zero-order valence-electron chi connectivity index (χ0n) is 13.3. The lowest BCUT2D eigenvalue weighted by Crippen LogP contribution is -2.35. The maximum Gasteiger partial charge on any atom is 0.166 e. The number of allylic oxidation sites excluding steroid dienone is 1. The summed E-state index contributed by atoms with van der Waals surface area (Å²) < 4.78 is 11.5. The van der Waals surface area contributed by atoms with E-state index in [2.05, 4.69) is 32.2 Å². The van der Waals surface area contributed by atoms with Gasteiger partial charge < -0.3 is 14.8 Å². The molecule has 0 radical (unpaired) electrons. The van der Waals surface area contributed by atoms with Crippen molar-refractivity contribution in [2.45, 2.75) is 46.7 Å². The molecule has 3 heteroatoms. The fourth-order valence-electron chi connectivity index (χ4n) is 1.72. The number of rotatable bonds is 7. The van der Waals surface area contributed by atoms with Gasteiger partial charge in [0.2, 0.25) is 0 Å². The van der Waals surface area contributed by atoms with Gasteiger partial charge in [-0.3, -0.25) is 0 Å². The summed E-state index contributed by atoms with van der Waals surface area (Å²) in [4.78, 5) is 0. The van der Waals surface area contributed by atoms with E-state index in [0.29, 0.717) is 13.2 Å². The Hall–Kier alpha value is -1.48. The normalized spacial score (nSPS) is 11.8. The Morgan fingerprint density at radius 1 is 1.20 bits per heavy atom. The van der Waals surface area contributed by atoms with Crippen molar-refractivity contribution in [1.29, 1.82) is 0 Å². The molecule has 0 bridgehead atoms. The lowest BCUT2D eigenvalue weighted by molar-refractivity contribution is 0.292. The third-order valence-electron chi connectivity index (χ3n) is 2.73. The summed E-state index contributed by atoms with van der Waals surface area (Å²) in [5, 5.41) is 3.48. The average Bonchev–Trinajstić information content (AvgIpc) is 2.38. The van der Waals surface area contributed by atoms with Crippen LogP contribution in [0.2, 0.25) is 0 Å². The highest BCUT2D eigenvalue weighted by molar-refractivity contribution is 5.46. The second kappa shape index (κ2) is 7.95. The maximum atomic E-state index is 5.87.